The first-order valence-corrected chi connectivity index (χ1v) is 4.19. The van der Waals surface area contributed by atoms with Crippen LogP contribution < -0.4 is 5.73 Å². The van der Waals surface area contributed by atoms with Crippen LogP contribution in [0.1, 0.15) is 0 Å². The zero-order chi connectivity index (χ0) is 10.1. The van der Waals surface area contributed by atoms with Gasteiger partial charge in [-0.05, 0) is 0 Å². The highest BCUT2D eigenvalue weighted by Crippen LogP contribution is 1.87. The van der Waals surface area contributed by atoms with Crippen LogP contribution in [0.4, 0.5) is 0 Å². The highest BCUT2D eigenvalue weighted by molar-refractivity contribution is 5.75. The van der Waals surface area contributed by atoms with Gasteiger partial charge < -0.3 is 15.2 Å². The van der Waals surface area contributed by atoms with Crippen molar-refractivity contribution in [3.05, 3.63) is 0 Å². The molecular formula is C8H18N2O3. The predicted octanol–water partition coefficient (Wildman–Crippen LogP) is -0.933. The van der Waals surface area contributed by atoms with E-state index in [1.54, 1.807) is 14.2 Å². The van der Waals surface area contributed by atoms with Crippen LogP contribution in [0.25, 0.3) is 0 Å². The van der Waals surface area contributed by atoms with E-state index in [0.29, 0.717) is 26.3 Å². The fraction of sp³-hybridized carbons (Fsp3) is 0.875. The average molecular weight is 190 g/mol. The molecule has 0 aromatic heterocycles. The molecule has 0 aromatic rings. The smallest absolute Gasteiger partial charge is 0.231 e. The van der Waals surface area contributed by atoms with Crippen LogP contribution in [0.5, 0.6) is 0 Å². The van der Waals surface area contributed by atoms with Crippen LogP contribution >= 0.6 is 0 Å². The quantitative estimate of drug-likeness (QED) is 0.537. The molecule has 5 nitrogen and oxygen atoms in total. The molecule has 0 aromatic carbocycles. The summed E-state index contributed by atoms with van der Waals surface area (Å²) in [5.74, 6) is -0.327. The lowest BCUT2D eigenvalue weighted by Gasteiger charge is -2.19. The summed E-state index contributed by atoms with van der Waals surface area (Å²) >= 11 is 0. The fourth-order valence-electron chi connectivity index (χ4n) is 0.931. The van der Waals surface area contributed by atoms with E-state index in [2.05, 4.69) is 0 Å². The van der Waals surface area contributed by atoms with Crippen molar-refractivity contribution in [3.63, 3.8) is 0 Å². The van der Waals surface area contributed by atoms with Crippen molar-refractivity contribution in [3.8, 4) is 0 Å². The molecule has 0 bridgehead atoms. The molecule has 0 unspecified atom stereocenters. The molecule has 0 saturated heterocycles. The summed E-state index contributed by atoms with van der Waals surface area (Å²) in [6.07, 6.45) is 0. The Balaban J connectivity index is 3.66. The molecule has 2 N–H and O–H groups in total. The van der Waals surface area contributed by atoms with E-state index in [-0.39, 0.29) is 12.5 Å². The summed E-state index contributed by atoms with van der Waals surface area (Å²) in [6, 6.07) is 0. The maximum atomic E-state index is 10.6. The minimum atomic E-state index is -0.327. The van der Waals surface area contributed by atoms with Crippen molar-refractivity contribution < 1.29 is 14.3 Å². The number of amides is 1. The van der Waals surface area contributed by atoms with Crippen molar-refractivity contribution in [2.24, 2.45) is 5.73 Å². The summed E-state index contributed by atoms with van der Waals surface area (Å²) in [6.45, 7) is 2.84. The number of ether oxygens (including phenoxy) is 2. The van der Waals surface area contributed by atoms with Gasteiger partial charge in [0.05, 0.1) is 19.8 Å². The molecule has 0 spiro atoms. The molecule has 0 aliphatic carbocycles. The summed E-state index contributed by atoms with van der Waals surface area (Å²) in [5.41, 5.74) is 5.07. The highest BCUT2D eigenvalue weighted by Gasteiger charge is 2.06. The number of carbonyl (C=O) groups excluding carboxylic acids is 1. The van der Waals surface area contributed by atoms with Crippen molar-refractivity contribution in [1.82, 2.24) is 4.90 Å². The Morgan fingerprint density at radius 3 is 2.00 bits per heavy atom. The third-order valence-corrected chi connectivity index (χ3v) is 1.60. The van der Waals surface area contributed by atoms with Gasteiger partial charge in [-0.1, -0.05) is 0 Å². The van der Waals surface area contributed by atoms with Crippen molar-refractivity contribution >= 4 is 5.91 Å². The third kappa shape index (κ3) is 7.70. The maximum Gasteiger partial charge on any atom is 0.231 e. The summed E-state index contributed by atoms with van der Waals surface area (Å²) in [7, 11) is 3.25. The summed E-state index contributed by atoms with van der Waals surface area (Å²) < 4.78 is 9.80. The van der Waals surface area contributed by atoms with Gasteiger partial charge in [-0.3, -0.25) is 9.69 Å². The number of hydrogen-bond donors (Lipinski definition) is 1. The number of rotatable bonds is 8. The average Bonchev–Trinajstić information content (AvgIpc) is 2.09. The second-order valence-electron chi connectivity index (χ2n) is 2.73. The predicted molar refractivity (Wildman–Crippen MR) is 49.4 cm³/mol. The van der Waals surface area contributed by atoms with E-state index >= 15 is 0 Å². The van der Waals surface area contributed by atoms with E-state index in [1.165, 1.54) is 0 Å². The van der Waals surface area contributed by atoms with Crippen LogP contribution in [0.3, 0.4) is 0 Å². The highest BCUT2D eigenvalue weighted by atomic mass is 16.5. The minimum absolute atomic E-state index is 0.257. The normalized spacial score (nSPS) is 10.7. The SMILES string of the molecule is COCCN(CCOC)CC(N)=O. The Hall–Kier alpha value is -0.650. The molecule has 78 valence electrons. The van der Waals surface area contributed by atoms with Gasteiger partial charge in [0, 0.05) is 27.3 Å². The fourth-order valence-corrected chi connectivity index (χ4v) is 0.931. The molecule has 0 saturated carbocycles. The summed E-state index contributed by atoms with van der Waals surface area (Å²) in [4.78, 5) is 12.5. The van der Waals surface area contributed by atoms with Crippen LogP contribution in [0.15, 0.2) is 0 Å². The van der Waals surface area contributed by atoms with Gasteiger partial charge in [0.1, 0.15) is 0 Å². The lowest BCUT2D eigenvalue weighted by Crippen LogP contribution is -2.37. The van der Waals surface area contributed by atoms with Gasteiger partial charge in [-0.25, -0.2) is 0 Å². The van der Waals surface area contributed by atoms with Gasteiger partial charge >= 0.3 is 0 Å². The molecule has 0 radical (unpaired) electrons. The Morgan fingerprint density at radius 2 is 1.69 bits per heavy atom. The molecule has 13 heavy (non-hydrogen) atoms. The summed E-state index contributed by atoms with van der Waals surface area (Å²) in [5, 5.41) is 0. The number of nitrogens with zero attached hydrogens (tertiary/aromatic N) is 1. The number of nitrogens with two attached hydrogens (primary N) is 1. The Morgan fingerprint density at radius 1 is 1.23 bits per heavy atom. The lowest BCUT2D eigenvalue weighted by molar-refractivity contribution is -0.119. The molecule has 0 aliphatic heterocycles. The first-order chi connectivity index (χ1) is 6.20. The van der Waals surface area contributed by atoms with Crippen LogP contribution in [0, 0.1) is 0 Å². The zero-order valence-electron chi connectivity index (χ0n) is 8.28. The van der Waals surface area contributed by atoms with Crippen LogP contribution in [-0.4, -0.2) is 57.9 Å². The first kappa shape index (κ1) is 12.3. The van der Waals surface area contributed by atoms with E-state index in [4.69, 9.17) is 15.2 Å². The number of primary amides is 1. The molecule has 5 heteroatoms. The van der Waals surface area contributed by atoms with E-state index < -0.39 is 0 Å². The van der Waals surface area contributed by atoms with E-state index in [9.17, 15) is 4.79 Å². The molecule has 0 heterocycles. The number of methoxy groups -OCH3 is 2. The molecule has 1 amide bonds. The molecular weight excluding hydrogens is 172 g/mol. The van der Waals surface area contributed by atoms with Gasteiger partial charge in [0.25, 0.3) is 0 Å². The van der Waals surface area contributed by atoms with E-state index in [0.717, 1.165) is 0 Å². The van der Waals surface area contributed by atoms with Crippen LogP contribution in [-0.2, 0) is 14.3 Å². The molecule has 0 fully saturated rings. The largest absolute Gasteiger partial charge is 0.383 e. The molecule has 0 aliphatic rings. The van der Waals surface area contributed by atoms with Crippen molar-refractivity contribution in [1.29, 1.82) is 0 Å². The van der Waals surface area contributed by atoms with Gasteiger partial charge in [-0.2, -0.15) is 0 Å². The van der Waals surface area contributed by atoms with Gasteiger partial charge in [0.15, 0.2) is 0 Å². The second-order valence-corrected chi connectivity index (χ2v) is 2.73. The monoisotopic (exact) mass is 190 g/mol. The molecule has 0 atom stereocenters. The zero-order valence-corrected chi connectivity index (χ0v) is 8.28. The third-order valence-electron chi connectivity index (χ3n) is 1.60. The first-order valence-electron chi connectivity index (χ1n) is 4.19. The minimum Gasteiger partial charge on any atom is -0.383 e. The standard InChI is InChI=1S/C8H18N2O3/c1-12-5-3-10(4-6-13-2)7-8(9)11/h3-7H2,1-2H3,(H2,9,11). The second kappa shape index (κ2) is 7.97. The Kier molecular flexibility index (Phi) is 7.57. The van der Waals surface area contributed by atoms with Gasteiger partial charge in [0.2, 0.25) is 5.91 Å². The van der Waals surface area contributed by atoms with Crippen molar-refractivity contribution in [2.75, 3.05) is 47.1 Å². The lowest BCUT2D eigenvalue weighted by atomic mass is 10.4. The Labute approximate surface area is 78.8 Å². The maximum absolute atomic E-state index is 10.6. The molecule has 0 rings (SSSR count). The van der Waals surface area contributed by atoms with Gasteiger partial charge in [-0.15, -0.1) is 0 Å². The topological polar surface area (TPSA) is 64.8 Å². The Bertz CT molecular complexity index is 133. The number of hydrogen-bond acceptors (Lipinski definition) is 4. The van der Waals surface area contributed by atoms with Crippen molar-refractivity contribution in [2.45, 2.75) is 0 Å². The number of carbonyl (C=O) groups is 1. The van der Waals surface area contributed by atoms with Crippen LogP contribution in [0.2, 0.25) is 0 Å². The van der Waals surface area contributed by atoms with E-state index in [1.807, 2.05) is 4.90 Å².